The zero-order valence-corrected chi connectivity index (χ0v) is 21.8. The molecule has 3 aromatic rings. The number of anilines is 2. The minimum absolute atomic E-state index is 0.0184. The molecule has 3 fully saturated rings. The maximum Gasteiger partial charge on any atom is 0.320 e. The first-order valence-corrected chi connectivity index (χ1v) is 13.3. The van der Waals surface area contributed by atoms with Crippen molar-refractivity contribution >= 4 is 40.0 Å². The van der Waals surface area contributed by atoms with Crippen molar-refractivity contribution in [2.75, 3.05) is 38.6 Å². The number of methoxy groups -OCH3 is 1. The quantitative estimate of drug-likeness (QED) is 0.486. The number of carbonyl (C=O) groups is 1. The lowest BCUT2D eigenvalue weighted by atomic mass is 10.1. The average molecular weight is 542 g/mol. The van der Waals surface area contributed by atoms with Crippen LogP contribution in [0.1, 0.15) is 25.7 Å². The second kappa shape index (κ2) is 10.4. The number of rotatable bonds is 5. The first kappa shape index (κ1) is 24.9. The number of aromatic nitrogens is 2. The molecule has 0 aliphatic carbocycles. The van der Waals surface area contributed by atoms with E-state index in [0.29, 0.717) is 67.5 Å². The van der Waals surface area contributed by atoms with Gasteiger partial charge in [-0.3, -0.25) is 0 Å². The largest absolute Gasteiger partial charge is 0.493 e. The number of likely N-dealkylation sites (tertiary alicyclic amines) is 2. The Morgan fingerprint density at radius 2 is 1.82 bits per heavy atom. The lowest BCUT2D eigenvalue weighted by Gasteiger charge is -2.39. The van der Waals surface area contributed by atoms with Gasteiger partial charge in [-0.1, -0.05) is 11.6 Å². The van der Waals surface area contributed by atoms with Gasteiger partial charge in [0, 0.05) is 56.2 Å². The van der Waals surface area contributed by atoms with E-state index >= 15 is 0 Å². The topological polar surface area (TPSA) is 89.1 Å². The van der Waals surface area contributed by atoms with Crippen molar-refractivity contribution in [1.29, 1.82) is 0 Å². The summed E-state index contributed by atoms with van der Waals surface area (Å²) < 4.78 is 31.5. The van der Waals surface area contributed by atoms with Crippen molar-refractivity contribution in [2.24, 2.45) is 0 Å². The molecule has 3 saturated heterocycles. The van der Waals surface area contributed by atoms with E-state index in [0.717, 1.165) is 18.2 Å². The zero-order valence-electron chi connectivity index (χ0n) is 21.0. The van der Waals surface area contributed by atoms with Crippen LogP contribution in [0, 0.1) is 5.82 Å². The molecule has 11 heteroatoms. The van der Waals surface area contributed by atoms with Crippen molar-refractivity contribution < 1.29 is 23.4 Å². The molecular weight excluding hydrogens is 513 g/mol. The Labute approximate surface area is 224 Å². The van der Waals surface area contributed by atoms with E-state index in [-0.39, 0.29) is 29.4 Å². The fourth-order valence-electron chi connectivity index (χ4n) is 5.44. The lowest BCUT2D eigenvalue weighted by molar-refractivity contribution is -0.0304. The number of piperidine rings is 1. The standard InChI is InChI=1S/C27H29ClFN5O4/c1-36-24-12-23-20(26(31-15-30-23)32-16-2-5-22(29)21(28)10-16)11-25(24)38-17-6-8-33(9-7-17)27(35)34-13-18-3-4-19(14-34)37-18/h2,5,10-12,15,17-19H,3-4,6-9,13-14H2,1H3,(H,30,31,32). The van der Waals surface area contributed by atoms with Gasteiger partial charge in [0.15, 0.2) is 11.5 Å². The Hall–Kier alpha value is -3.37. The summed E-state index contributed by atoms with van der Waals surface area (Å²) >= 11 is 5.94. The number of halogens is 2. The van der Waals surface area contributed by atoms with Crippen LogP contribution in [0.2, 0.25) is 5.02 Å². The molecule has 3 aliphatic rings. The SMILES string of the molecule is COc1cc2ncnc(Nc3ccc(F)c(Cl)c3)c2cc1OC1CCN(C(=O)N2CC3CCC(C2)O3)CC1. The van der Waals surface area contributed by atoms with Crippen LogP contribution in [0.5, 0.6) is 11.5 Å². The third kappa shape index (κ3) is 5.02. The molecule has 1 aromatic heterocycles. The predicted molar refractivity (Wildman–Crippen MR) is 141 cm³/mol. The highest BCUT2D eigenvalue weighted by Gasteiger charge is 2.38. The van der Waals surface area contributed by atoms with E-state index in [1.165, 1.54) is 18.5 Å². The van der Waals surface area contributed by atoms with E-state index in [4.69, 9.17) is 25.8 Å². The molecule has 38 heavy (non-hydrogen) atoms. The number of urea groups is 1. The van der Waals surface area contributed by atoms with E-state index in [1.807, 2.05) is 15.9 Å². The molecule has 2 amide bonds. The highest BCUT2D eigenvalue weighted by molar-refractivity contribution is 6.31. The minimum atomic E-state index is -0.491. The third-order valence-corrected chi connectivity index (χ3v) is 7.71. The zero-order chi connectivity index (χ0) is 26.2. The Bertz CT molecular complexity index is 1340. The number of carbonyl (C=O) groups excluding carboxylic acids is 1. The van der Waals surface area contributed by atoms with Crippen molar-refractivity contribution in [3.8, 4) is 11.5 Å². The van der Waals surface area contributed by atoms with Crippen LogP contribution in [0.15, 0.2) is 36.7 Å². The van der Waals surface area contributed by atoms with Crippen LogP contribution in [-0.4, -0.2) is 77.4 Å². The number of hydrogen-bond acceptors (Lipinski definition) is 7. The first-order chi connectivity index (χ1) is 18.5. The lowest BCUT2D eigenvalue weighted by Crippen LogP contribution is -2.53. The van der Waals surface area contributed by atoms with Crippen LogP contribution in [0.4, 0.5) is 20.7 Å². The normalized spacial score (nSPS) is 21.6. The number of nitrogens with zero attached hydrogens (tertiary/aromatic N) is 4. The van der Waals surface area contributed by atoms with Gasteiger partial charge in [0.1, 0.15) is 24.1 Å². The number of morpholine rings is 1. The van der Waals surface area contributed by atoms with Crippen molar-refractivity contribution in [3.63, 3.8) is 0 Å². The molecule has 2 aromatic carbocycles. The van der Waals surface area contributed by atoms with Crippen LogP contribution >= 0.6 is 11.6 Å². The van der Waals surface area contributed by atoms with Gasteiger partial charge in [0.2, 0.25) is 0 Å². The fraction of sp³-hybridized carbons (Fsp3) is 0.444. The van der Waals surface area contributed by atoms with Gasteiger partial charge in [-0.15, -0.1) is 0 Å². The summed E-state index contributed by atoms with van der Waals surface area (Å²) in [5.74, 6) is 1.18. The Balaban J connectivity index is 1.15. The summed E-state index contributed by atoms with van der Waals surface area (Å²) in [6.45, 7) is 2.63. The Morgan fingerprint density at radius 3 is 2.53 bits per heavy atom. The molecule has 2 unspecified atom stereocenters. The van der Waals surface area contributed by atoms with Gasteiger partial charge in [-0.05, 0) is 37.1 Å². The van der Waals surface area contributed by atoms with Crippen LogP contribution < -0.4 is 14.8 Å². The average Bonchev–Trinajstić information content (AvgIpc) is 3.27. The minimum Gasteiger partial charge on any atom is -0.493 e. The highest BCUT2D eigenvalue weighted by atomic mass is 35.5. The number of benzene rings is 2. The summed E-state index contributed by atoms with van der Waals surface area (Å²) in [6, 6.07) is 8.14. The van der Waals surface area contributed by atoms with E-state index in [1.54, 1.807) is 19.2 Å². The van der Waals surface area contributed by atoms with Crippen molar-refractivity contribution in [1.82, 2.24) is 19.8 Å². The van der Waals surface area contributed by atoms with Crippen LogP contribution in [-0.2, 0) is 4.74 Å². The molecule has 200 valence electrons. The third-order valence-electron chi connectivity index (χ3n) is 7.42. The van der Waals surface area contributed by atoms with Crippen LogP contribution in [0.3, 0.4) is 0 Å². The summed E-state index contributed by atoms with van der Waals surface area (Å²) in [5.41, 5.74) is 1.26. The summed E-state index contributed by atoms with van der Waals surface area (Å²) in [6.07, 6.45) is 5.26. The molecule has 2 atom stereocenters. The fourth-order valence-corrected chi connectivity index (χ4v) is 5.62. The maximum absolute atomic E-state index is 13.6. The second-order valence-electron chi connectivity index (χ2n) is 9.95. The predicted octanol–water partition coefficient (Wildman–Crippen LogP) is 5.00. The van der Waals surface area contributed by atoms with Crippen molar-refractivity contribution in [2.45, 2.75) is 44.0 Å². The van der Waals surface area contributed by atoms with E-state index in [9.17, 15) is 9.18 Å². The monoisotopic (exact) mass is 541 g/mol. The van der Waals surface area contributed by atoms with E-state index < -0.39 is 5.82 Å². The maximum atomic E-state index is 13.6. The number of ether oxygens (including phenoxy) is 3. The molecule has 0 radical (unpaired) electrons. The Morgan fingerprint density at radius 1 is 1.05 bits per heavy atom. The highest BCUT2D eigenvalue weighted by Crippen LogP contribution is 2.37. The molecule has 0 saturated carbocycles. The molecule has 6 rings (SSSR count). The Kier molecular flexibility index (Phi) is 6.84. The number of fused-ring (bicyclic) bond motifs is 3. The smallest absolute Gasteiger partial charge is 0.320 e. The second-order valence-corrected chi connectivity index (χ2v) is 10.4. The molecule has 2 bridgehead atoms. The van der Waals surface area contributed by atoms with Gasteiger partial charge < -0.3 is 29.3 Å². The van der Waals surface area contributed by atoms with Gasteiger partial charge in [0.25, 0.3) is 0 Å². The van der Waals surface area contributed by atoms with E-state index in [2.05, 4.69) is 15.3 Å². The van der Waals surface area contributed by atoms with Gasteiger partial charge >= 0.3 is 6.03 Å². The van der Waals surface area contributed by atoms with Crippen LogP contribution in [0.25, 0.3) is 10.9 Å². The molecular formula is C27H29ClFN5O4. The summed E-state index contributed by atoms with van der Waals surface area (Å²) in [7, 11) is 1.59. The van der Waals surface area contributed by atoms with Gasteiger partial charge in [-0.25, -0.2) is 19.2 Å². The van der Waals surface area contributed by atoms with Gasteiger partial charge in [-0.2, -0.15) is 0 Å². The molecule has 9 nitrogen and oxygen atoms in total. The number of nitrogens with one attached hydrogen (secondary N) is 1. The summed E-state index contributed by atoms with van der Waals surface area (Å²) in [4.78, 5) is 25.7. The summed E-state index contributed by atoms with van der Waals surface area (Å²) in [5, 5.41) is 3.93. The molecule has 4 heterocycles. The molecule has 1 N–H and O–H groups in total. The van der Waals surface area contributed by atoms with Crippen molar-refractivity contribution in [3.05, 3.63) is 47.5 Å². The van der Waals surface area contributed by atoms with Gasteiger partial charge in [0.05, 0.1) is 29.9 Å². The molecule has 0 spiro atoms. The number of hydrogen-bond donors (Lipinski definition) is 1. The molecule has 3 aliphatic heterocycles. The number of amides is 2. The first-order valence-electron chi connectivity index (χ1n) is 12.9.